The smallest absolute Gasteiger partial charge is 0.306 e. The van der Waals surface area contributed by atoms with Gasteiger partial charge in [-0.25, -0.2) is 4.98 Å². The predicted molar refractivity (Wildman–Crippen MR) is 91.9 cm³/mol. The first-order valence-corrected chi connectivity index (χ1v) is 8.05. The van der Waals surface area contributed by atoms with Crippen LogP contribution in [0.4, 0.5) is 0 Å². The molecule has 0 bridgehead atoms. The predicted octanol–water partition coefficient (Wildman–Crippen LogP) is 2.78. The Labute approximate surface area is 137 Å². The van der Waals surface area contributed by atoms with E-state index in [-0.39, 0.29) is 0 Å². The summed E-state index contributed by atoms with van der Waals surface area (Å²) in [6.45, 7) is 6.34. The standard InChI is InChI=1S/C18H25N3O2/c1-3-4-7-16-13(2)8-9-17-15(20-12-21(16)17)11-14(18(22)23)6-5-10-19/h3-4,7,12,14H,1,5-6,8-11,19H2,2H3,(H,22,23)/b7-4-. The summed E-state index contributed by atoms with van der Waals surface area (Å²) >= 11 is 0. The molecule has 0 radical (unpaired) electrons. The van der Waals surface area contributed by atoms with Gasteiger partial charge in [0, 0.05) is 17.8 Å². The van der Waals surface area contributed by atoms with Crippen molar-refractivity contribution >= 4 is 11.7 Å². The summed E-state index contributed by atoms with van der Waals surface area (Å²) in [5.74, 6) is -1.19. The second kappa shape index (κ2) is 7.92. The molecule has 2 heterocycles. The monoisotopic (exact) mass is 315 g/mol. The van der Waals surface area contributed by atoms with Gasteiger partial charge >= 0.3 is 5.97 Å². The number of carboxylic acid groups (broad SMARTS) is 1. The molecule has 124 valence electrons. The number of nitrogens with two attached hydrogens (primary N) is 1. The third kappa shape index (κ3) is 3.99. The number of aromatic nitrogens is 2. The molecular weight excluding hydrogens is 290 g/mol. The Hall–Kier alpha value is -2.14. The number of hydrogen-bond acceptors (Lipinski definition) is 3. The molecule has 5 heteroatoms. The van der Waals surface area contributed by atoms with Gasteiger partial charge in [-0.1, -0.05) is 18.7 Å². The molecule has 3 N–H and O–H groups in total. The third-order valence-electron chi connectivity index (χ3n) is 4.32. The fourth-order valence-corrected chi connectivity index (χ4v) is 2.99. The zero-order valence-electron chi connectivity index (χ0n) is 13.7. The lowest BCUT2D eigenvalue weighted by Crippen LogP contribution is -2.19. The van der Waals surface area contributed by atoms with Crippen LogP contribution in [0.2, 0.25) is 0 Å². The van der Waals surface area contributed by atoms with Crippen LogP contribution in [-0.4, -0.2) is 27.2 Å². The Bertz CT molecular complexity index is 641. The molecule has 23 heavy (non-hydrogen) atoms. The van der Waals surface area contributed by atoms with Crippen LogP contribution in [0.1, 0.15) is 37.6 Å². The zero-order valence-corrected chi connectivity index (χ0v) is 13.7. The van der Waals surface area contributed by atoms with Gasteiger partial charge in [0.25, 0.3) is 0 Å². The number of fused-ring (bicyclic) bond motifs is 1. The minimum Gasteiger partial charge on any atom is -0.481 e. The highest BCUT2D eigenvalue weighted by atomic mass is 16.4. The first-order valence-electron chi connectivity index (χ1n) is 8.05. The minimum atomic E-state index is -0.769. The summed E-state index contributed by atoms with van der Waals surface area (Å²) in [6.07, 6.45) is 11.1. The molecule has 0 aromatic carbocycles. The molecule has 0 saturated heterocycles. The van der Waals surface area contributed by atoms with Crippen LogP contribution in [0.5, 0.6) is 0 Å². The number of imidazole rings is 1. The molecule has 0 aliphatic carbocycles. The summed E-state index contributed by atoms with van der Waals surface area (Å²) < 4.78 is 2.08. The van der Waals surface area contributed by atoms with Crippen molar-refractivity contribution in [1.29, 1.82) is 0 Å². The quantitative estimate of drug-likeness (QED) is 0.723. The number of carbonyl (C=O) groups is 1. The van der Waals surface area contributed by atoms with E-state index in [0.717, 1.165) is 36.3 Å². The minimum absolute atomic E-state index is 0.419. The topological polar surface area (TPSA) is 81.1 Å². The van der Waals surface area contributed by atoms with Gasteiger partial charge in [-0.3, -0.25) is 4.79 Å². The van der Waals surface area contributed by atoms with E-state index in [2.05, 4.69) is 23.1 Å². The number of allylic oxidation sites excluding steroid dienone is 5. The van der Waals surface area contributed by atoms with Gasteiger partial charge in [0.2, 0.25) is 0 Å². The lowest BCUT2D eigenvalue weighted by molar-refractivity contribution is -0.142. The summed E-state index contributed by atoms with van der Waals surface area (Å²) in [7, 11) is 0. The van der Waals surface area contributed by atoms with Crippen LogP contribution >= 0.6 is 0 Å². The van der Waals surface area contributed by atoms with E-state index < -0.39 is 11.9 Å². The number of hydrogen-bond donors (Lipinski definition) is 2. The maximum absolute atomic E-state index is 11.5. The molecular formula is C18H25N3O2. The molecule has 2 rings (SSSR count). The van der Waals surface area contributed by atoms with Gasteiger partial charge < -0.3 is 15.4 Å². The summed E-state index contributed by atoms with van der Waals surface area (Å²) in [5.41, 5.74) is 9.94. The van der Waals surface area contributed by atoms with Crippen molar-refractivity contribution in [3.05, 3.63) is 48.1 Å². The maximum atomic E-state index is 11.5. The Kier molecular flexibility index (Phi) is 5.93. The van der Waals surface area contributed by atoms with Gasteiger partial charge in [-0.05, 0) is 50.8 Å². The van der Waals surface area contributed by atoms with E-state index in [1.807, 2.05) is 12.2 Å². The van der Waals surface area contributed by atoms with Crippen molar-refractivity contribution in [1.82, 2.24) is 9.55 Å². The number of rotatable bonds is 8. The van der Waals surface area contributed by atoms with Gasteiger partial charge in [-0.15, -0.1) is 0 Å². The molecule has 0 spiro atoms. The van der Waals surface area contributed by atoms with Crippen LogP contribution in [0.15, 0.2) is 36.7 Å². The largest absolute Gasteiger partial charge is 0.481 e. The molecule has 1 aliphatic rings. The Morgan fingerprint density at radius 3 is 3.00 bits per heavy atom. The molecule has 0 fully saturated rings. The van der Waals surface area contributed by atoms with Crippen LogP contribution in [0.3, 0.4) is 0 Å². The highest BCUT2D eigenvalue weighted by Gasteiger charge is 2.24. The van der Waals surface area contributed by atoms with Gasteiger partial charge in [0.15, 0.2) is 0 Å². The van der Waals surface area contributed by atoms with Crippen molar-refractivity contribution < 1.29 is 9.90 Å². The zero-order chi connectivity index (χ0) is 16.8. The average molecular weight is 315 g/mol. The Balaban J connectivity index is 2.26. The molecule has 1 unspecified atom stereocenters. The Morgan fingerprint density at radius 2 is 2.35 bits per heavy atom. The van der Waals surface area contributed by atoms with Gasteiger partial charge in [-0.2, -0.15) is 0 Å². The number of carboxylic acids is 1. The fourth-order valence-electron chi connectivity index (χ4n) is 2.99. The summed E-state index contributed by atoms with van der Waals surface area (Å²) in [4.78, 5) is 15.9. The van der Waals surface area contributed by atoms with Crippen molar-refractivity contribution in [2.24, 2.45) is 11.7 Å². The van der Waals surface area contributed by atoms with E-state index in [0.29, 0.717) is 19.4 Å². The number of nitrogens with zero attached hydrogens (tertiary/aromatic N) is 2. The first-order chi connectivity index (χ1) is 11.1. The summed E-state index contributed by atoms with van der Waals surface area (Å²) in [6, 6.07) is 0. The van der Waals surface area contributed by atoms with Crippen LogP contribution in [0.25, 0.3) is 5.70 Å². The maximum Gasteiger partial charge on any atom is 0.306 e. The highest BCUT2D eigenvalue weighted by molar-refractivity contribution is 5.70. The molecule has 1 aromatic rings. The highest BCUT2D eigenvalue weighted by Crippen LogP contribution is 2.29. The molecule has 1 aliphatic heterocycles. The van der Waals surface area contributed by atoms with E-state index in [1.54, 1.807) is 12.4 Å². The van der Waals surface area contributed by atoms with E-state index in [4.69, 9.17) is 5.73 Å². The Morgan fingerprint density at radius 1 is 1.57 bits per heavy atom. The summed E-state index contributed by atoms with van der Waals surface area (Å²) in [5, 5.41) is 9.41. The van der Waals surface area contributed by atoms with Crippen molar-refractivity contribution in [3.63, 3.8) is 0 Å². The first kappa shape index (κ1) is 17.2. The third-order valence-corrected chi connectivity index (χ3v) is 4.32. The van der Waals surface area contributed by atoms with Gasteiger partial charge in [0.05, 0.1) is 17.9 Å². The van der Waals surface area contributed by atoms with E-state index in [1.165, 1.54) is 5.57 Å². The SMILES string of the molecule is C=C/C=C\C1=C(C)CCc2c(CC(CCCN)C(=O)O)ncn21. The van der Waals surface area contributed by atoms with Crippen molar-refractivity contribution in [2.75, 3.05) is 6.54 Å². The second-order valence-corrected chi connectivity index (χ2v) is 5.94. The molecule has 1 atom stereocenters. The van der Waals surface area contributed by atoms with Crippen molar-refractivity contribution in [2.45, 2.75) is 39.0 Å². The average Bonchev–Trinajstić information content (AvgIpc) is 2.93. The molecule has 0 saturated carbocycles. The lowest BCUT2D eigenvalue weighted by atomic mass is 9.94. The van der Waals surface area contributed by atoms with Gasteiger partial charge in [0.1, 0.15) is 0 Å². The molecule has 5 nitrogen and oxygen atoms in total. The van der Waals surface area contributed by atoms with E-state index in [9.17, 15) is 9.90 Å². The number of aliphatic carboxylic acids is 1. The lowest BCUT2D eigenvalue weighted by Gasteiger charge is -2.20. The fraction of sp³-hybridized carbons (Fsp3) is 0.444. The van der Waals surface area contributed by atoms with Crippen LogP contribution < -0.4 is 5.73 Å². The molecule has 0 amide bonds. The van der Waals surface area contributed by atoms with Crippen molar-refractivity contribution in [3.8, 4) is 0 Å². The molecule has 1 aromatic heterocycles. The van der Waals surface area contributed by atoms with Crippen LogP contribution in [-0.2, 0) is 17.6 Å². The normalized spacial score (nSPS) is 15.7. The van der Waals surface area contributed by atoms with E-state index >= 15 is 0 Å². The van der Waals surface area contributed by atoms with Crippen LogP contribution in [0, 0.1) is 5.92 Å². The second-order valence-electron chi connectivity index (χ2n) is 5.94.